The Morgan fingerprint density at radius 1 is 1.13 bits per heavy atom. The summed E-state index contributed by atoms with van der Waals surface area (Å²) in [5.74, 6) is 1.00. The molecule has 4 aromatic rings. The fourth-order valence-electron chi connectivity index (χ4n) is 3.58. The van der Waals surface area contributed by atoms with Crippen molar-refractivity contribution >= 4 is 49.4 Å². The maximum atomic E-state index is 13.1. The lowest BCUT2D eigenvalue weighted by molar-refractivity contribution is -0.113. The van der Waals surface area contributed by atoms with Crippen LogP contribution in [0, 0.1) is 0 Å². The summed E-state index contributed by atoms with van der Waals surface area (Å²) < 4.78 is 7.64. The molecule has 1 aliphatic heterocycles. The highest BCUT2D eigenvalue weighted by atomic mass is 79.9. The molecule has 0 atom stereocenters. The number of thiazole rings is 1. The number of carbonyl (C=O) groups excluding carboxylic acids is 1. The number of nitrogens with zero attached hydrogens (tertiary/aromatic N) is 4. The molecule has 3 heterocycles. The molecule has 2 aromatic heterocycles. The summed E-state index contributed by atoms with van der Waals surface area (Å²) in [4.78, 5) is 32.9. The highest BCUT2D eigenvalue weighted by molar-refractivity contribution is 9.10. The summed E-state index contributed by atoms with van der Waals surface area (Å²) in [7, 11) is 1.60. The Bertz CT molecular complexity index is 1430. The van der Waals surface area contributed by atoms with Crippen molar-refractivity contribution < 1.29 is 9.53 Å². The molecule has 30 heavy (non-hydrogen) atoms. The van der Waals surface area contributed by atoms with E-state index in [4.69, 9.17) is 4.74 Å². The zero-order chi connectivity index (χ0) is 21.0. The zero-order valence-electron chi connectivity index (χ0n) is 16.0. The van der Waals surface area contributed by atoms with Crippen molar-refractivity contribution in [2.24, 2.45) is 0 Å². The second-order valence-electron chi connectivity index (χ2n) is 6.68. The van der Waals surface area contributed by atoms with Gasteiger partial charge in [0.2, 0.25) is 4.96 Å². The van der Waals surface area contributed by atoms with Gasteiger partial charge in [0.25, 0.3) is 11.5 Å². The summed E-state index contributed by atoms with van der Waals surface area (Å²) in [5.41, 5.74) is 2.39. The van der Waals surface area contributed by atoms with E-state index < -0.39 is 0 Å². The molecule has 2 aromatic carbocycles. The van der Waals surface area contributed by atoms with Gasteiger partial charge < -0.3 is 9.64 Å². The van der Waals surface area contributed by atoms with Crippen molar-refractivity contribution in [3.63, 3.8) is 0 Å². The molecular weight excluding hydrogens is 468 g/mol. The first-order valence-corrected chi connectivity index (χ1v) is 10.8. The second-order valence-corrected chi connectivity index (χ2v) is 8.57. The normalized spacial score (nSPS) is 15.2. The van der Waals surface area contributed by atoms with Crippen molar-refractivity contribution in [3.05, 3.63) is 67.4 Å². The molecule has 0 fully saturated rings. The van der Waals surface area contributed by atoms with Crippen molar-refractivity contribution in [3.8, 4) is 17.1 Å². The first kappa shape index (κ1) is 19.0. The Labute approximate surface area is 183 Å². The fraction of sp³-hybridized carbons (Fsp3) is 0.143. The smallest absolute Gasteiger partial charge is 0.291 e. The number of hydrogen-bond acceptors (Lipinski definition) is 6. The molecule has 0 N–H and O–H groups in total. The summed E-state index contributed by atoms with van der Waals surface area (Å²) in [6, 6.07) is 13.0. The van der Waals surface area contributed by atoms with Gasteiger partial charge >= 0.3 is 0 Å². The lowest BCUT2D eigenvalue weighted by Gasteiger charge is -2.13. The zero-order valence-corrected chi connectivity index (χ0v) is 18.5. The molecule has 0 radical (unpaired) electrons. The first-order chi connectivity index (χ1) is 14.5. The van der Waals surface area contributed by atoms with Crippen LogP contribution >= 0.6 is 27.3 Å². The number of benzene rings is 2. The number of aromatic nitrogens is 3. The van der Waals surface area contributed by atoms with Crippen molar-refractivity contribution in [1.82, 2.24) is 14.6 Å². The quantitative estimate of drug-likeness (QED) is 0.448. The monoisotopic (exact) mass is 482 g/mol. The van der Waals surface area contributed by atoms with Crippen LogP contribution in [0.15, 0.2) is 51.7 Å². The Hall–Kier alpha value is -3.04. The molecule has 0 aliphatic carbocycles. The van der Waals surface area contributed by atoms with E-state index >= 15 is 0 Å². The van der Waals surface area contributed by atoms with Crippen LogP contribution < -0.4 is 19.7 Å². The Morgan fingerprint density at radius 2 is 1.90 bits per heavy atom. The SMILES string of the molecule is CCN1C(=O)C(=c2sc3nc(-c4ccc(OC)cc4)nn3c2=O)c2cc(Br)ccc21. The summed E-state index contributed by atoms with van der Waals surface area (Å²) in [6.45, 7) is 2.43. The molecule has 1 aliphatic rings. The van der Waals surface area contributed by atoms with Gasteiger partial charge in [-0.3, -0.25) is 9.59 Å². The van der Waals surface area contributed by atoms with Gasteiger partial charge in [-0.25, -0.2) is 0 Å². The Balaban J connectivity index is 1.71. The van der Waals surface area contributed by atoms with E-state index in [9.17, 15) is 9.59 Å². The van der Waals surface area contributed by atoms with Crippen molar-refractivity contribution in [2.75, 3.05) is 18.6 Å². The predicted octanol–water partition coefficient (Wildman–Crippen LogP) is 2.87. The van der Waals surface area contributed by atoms with E-state index in [1.54, 1.807) is 12.0 Å². The predicted molar refractivity (Wildman–Crippen MR) is 119 cm³/mol. The third-order valence-corrected chi connectivity index (χ3v) is 6.55. The molecule has 9 heteroatoms. The van der Waals surface area contributed by atoms with Crippen LogP contribution in [0.4, 0.5) is 5.69 Å². The van der Waals surface area contributed by atoms with Crippen LogP contribution in [0.5, 0.6) is 5.75 Å². The van der Waals surface area contributed by atoms with Gasteiger partial charge in [-0.2, -0.15) is 9.50 Å². The van der Waals surface area contributed by atoms with Gasteiger partial charge in [0.1, 0.15) is 10.3 Å². The van der Waals surface area contributed by atoms with Gasteiger partial charge in [-0.15, -0.1) is 5.10 Å². The fourth-order valence-corrected chi connectivity index (χ4v) is 4.94. The van der Waals surface area contributed by atoms with E-state index in [1.165, 1.54) is 15.9 Å². The molecule has 5 rings (SSSR count). The minimum Gasteiger partial charge on any atom is -0.497 e. The number of halogens is 1. The van der Waals surface area contributed by atoms with Crippen LogP contribution in [0.3, 0.4) is 0 Å². The lowest BCUT2D eigenvalue weighted by atomic mass is 10.1. The van der Waals surface area contributed by atoms with Crippen LogP contribution in [0.2, 0.25) is 0 Å². The van der Waals surface area contributed by atoms with Crippen LogP contribution in [-0.2, 0) is 4.79 Å². The molecule has 0 saturated heterocycles. The highest BCUT2D eigenvalue weighted by Crippen LogP contribution is 2.37. The van der Waals surface area contributed by atoms with E-state index in [2.05, 4.69) is 26.0 Å². The Morgan fingerprint density at radius 3 is 2.57 bits per heavy atom. The minimum absolute atomic E-state index is 0.178. The molecule has 0 unspecified atom stereocenters. The lowest BCUT2D eigenvalue weighted by Crippen LogP contribution is -2.32. The average molecular weight is 483 g/mol. The average Bonchev–Trinajstić information content (AvgIpc) is 3.38. The number of hydrogen-bond donors (Lipinski definition) is 0. The van der Waals surface area contributed by atoms with E-state index in [0.29, 0.717) is 27.4 Å². The first-order valence-electron chi connectivity index (χ1n) is 9.22. The minimum atomic E-state index is -0.338. The maximum absolute atomic E-state index is 13.1. The third kappa shape index (κ3) is 2.77. The van der Waals surface area contributed by atoms with Crippen LogP contribution in [0.25, 0.3) is 21.9 Å². The number of anilines is 1. The van der Waals surface area contributed by atoms with Crippen LogP contribution in [-0.4, -0.2) is 34.2 Å². The molecule has 0 saturated carbocycles. The number of fused-ring (bicyclic) bond motifs is 2. The Kier molecular flexibility index (Phi) is 4.44. The van der Waals surface area contributed by atoms with Crippen molar-refractivity contribution in [1.29, 1.82) is 0 Å². The number of amides is 1. The number of ether oxygens (including phenoxy) is 1. The second kappa shape index (κ2) is 7.03. The van der Waals surface area contributed by atoms with Gasteiger partial charge in [0.15, 0.2) is 5.82 Å². The number of likely N-dealkylation sites (N-methyl/N-ethyl adjacent to an activating group) is 1. The molecular formula is C21H15BrN4O3S. The van der Waals surface area contributed by atoms with E-state index in [0.717, 1.165) is 27.0 Å². The topological polar surface area (TPSA) is 76.8 Å². The van der Waals surface area contributed by atoms with E-state index in [1.807, 2.05) is 49.4 Å². The number of rotatable bonds is 3. The summed E-state index contributed by atoms with van der Waals surface area (Å²) in [5, 5.41) is 4.38. The van der Waals surface area contributed by atoms with Gasteiger partial charge in [-0.05, 0) is 49.4 Å². The summed E-state index contributed by atoms with van der Waals surface area (Å²) in [6.07, 6.45) is 0. The third-order valence-electron chi connectivity index (χ3n) is 5.03. The maximum Gasteiger partial charge on any atom is 0.291 e. The van der Waals surface area contributed by atoms with Gasteiger partial charge in [-0.1, -0.05) is 27.3 Å². The number of methoxy groups -OCH3 is 1. The molecule has 7 nitrogen and oxygen atoms in total. The molecule has 1 amide bonds. The standard InChI is InChI=1S/C21H15BrN4O3S/c1-3-25-15-9-6-12(22)10-14(15)16(19(25)27)17-20(28)26-21(30-17)23-18(24-26)11-4-7-13(29-2)8-5-11/h4-10H,3H2,1-2H3. The van der Waals surface area contributed by atoms with Gasteiger partial charge in [0, 0.05) is 22.1 Å². The highest BCUT2D eigenvalue weighted by Gasteiger charge is 2.33. The van der Waals surface area contributed by atoms with Gasteiger partial charge in [0.05, 0.1) is 18.4 Å². The van der Waals surface area contributed by atoms with Crippen LogP contribution in [0.1, 0.15) is 12.5 Å². The summed E-state index contributed by atoms with van der Waals surface area (Å²) >= 11 is 4.64. The number of carbonyl (C=O) groups is 1. The molecule has 0 spiro atoms. The van der Waals surface area contributed by atoms with E-state index in [-0.39, 0.29) is 11.5 Å². The van der Waals surface area contributed by atoms with Crippen molar-refractivity contribution in [2.45, 2.75) is 6.92 Å². The largest absolute Gasteiger partial charge is 0.497 e. The molecule has 0 bridgehead atoms. The molecule has 150 valence electrons.